The lowest BCUT2D eigenvalue weighted by molar-refractivity contribution is -0.150. The van der Waals surface area contributed by atoms with Crippen LogP contribution in [-0.2, 0) is 14.3 Å². The molecule has 2 heterocycles. The summed E-state index contributed by atoms with van der Waals surface area (Å²) in [5.41, 5.74) is 0. The topological polar surface area (TPSA) is 47.6 Å². The molecule has 0 saturated carbocycles. The van der Waals surface area contributed by atoms with E-state index < -0.39 is 0 Å². The van der Waals surface area contributed by atoms with Crippen molar-refractivity contribution in [1.29, 1.82) is 0 Å². The maximum Gasteiger partial charge on any atom is 0.310 e. The van der Waals surface area contributed by atoms with Gasteiger partial charge in [0.2, 0.25) is 0 Å². The van der Waals surface area contributed by atoms with E-state index in [1.165, 1.54) is 0 Å². The SMILES string of the molecule is CCOC(=O)C1CNC2CCOC2C1.Cl. The molecule has 5 heteroatoms. The fraction of sp³-hybridized carbons (Fsp3) is 0.900. The quantitative estimate of drug-likeness (QED) is 0.718. The van der Waals surface area contributed by atoms with Gasteiger partial charge in [0, 0.05) is 19.2 Å². The van der Waals surface area contributed by atoms with E-state index in [4.69, 9.17) is 9.47 Å². The zero-order chi connectivity index (χ0) is 9.97. The largest absolute Gasteiger partial charge is 0.466 e. The van der Waals surface area contributed by atoms with Gasteiger partial charge in [0.1, 0.15) is 0 Å². The predicted octanol–water partition coefficient (Wildman–Crippen LogP) is 0.738. The second kappa shape index (κ2) is 5.68. The van der Waals surface area contributed by atoms with Crippen LogP contribution >= 0.6 is 12.4 Å². The van der Waals surface area contributed by atoms with Crippen LogP contribution in [0.25, 0.3) is 0 Å². The Kier molecular flexibility index (Phi) is 4.83. The van der Waals surface area contributed by atoms with E-state index in [0.29, 0.717) is 12.6 Å². The second-order valence-electron chi connectivity index (χ2n) is 3.90. The zero-order valence-electron chi connectivity index (χ0n) is 8.90. The number of carbonyl (C=O) groups is 1. The van der Waals surface area contributed by atoms with Crippen molar-refractivity contribution >= 4 is 18.4 Å². The van der Waals surface area contributed by atoms with Crippen molar-refractivity contribution in [1.82, 2.24) is 5.32 Å². The first-order valence-corrected chi connectivity index (χ1v) is 5.33. The third kappa shape index (κ3) is 2.83. The number of carbonyl (C=O) groups excluding carboxylic acids is 1. The van der Waals surface area contributed by atoms with E-state index in [1.807, 2.05) is 6.92 Å². The number of fused-ring (bicyclic) bond motifs is 1. The van der Waals surface area contributed by atoms with Crippen molar-refractivity contribution in [3.63, 3.8) is 0 Å². The lowest BCUT2D eigenvalue weighted by Crippen LogP contribution is -2.48. The Balaban J connectivity index is 0.00000112. The Bertz CT molecular complexity index is 225. The maximum atomic E-state index is 11.5. The minimum absolute atomic E-state index is 0. The molecule has 2 fully saturated rings. The Morgan fingerprint density at radius 3 is 3.13 bits per heavy atom. The van der Waals surface area contributed by atoms with Crippen LogP contribution in [0.2, 0.25) is 0 Å². The van der Waals surface area contributed by atoms with Crippen molar-refractivity contribution in [3.8, 4) is 0 Å². The van der Waals surface area contributed by atoms with Gasteiger partial charge in [-0.2, -0.15) is 0 Å². The fourth-order valence-electron chi connectivity index (χ4n) is 2.21. The van der Waals surface area contributed by atoms with Gasteiger partial charge in [-0.05, 0) is 19.8 Å². The van der Waals surface area contributed by atoms with Crippen LogP contribution in [0.15, 0.2) is 0 Å². The highest BCUT2D eigenvalue weighted by molar-refractivity contribution is 5.85. The van der Waals surface area contributed by atoms with E-state index in [9.17, 15) is 4.79 Å². The van der Waals surface area contributed by atoms with Gasteiger partial charge in [-0.15, -0.1) is 12.4 Å². The van der Waals surface area contributed by atoms with Gasteiger partial charge in [-0.1, -0.05) is 0 Å². The molecular formula is C10H18ClNO3. The zero-order valence-corrected chi connectivity index (χ0v) is 9.72. The molecule has 0 radical (unpaired) electrons. The van der Waals surface area contributed by atoms with Gasteiger partial charge >= 0.3 is 5.97 Å². The van der Waals surface area contributed by atoms with Crippen LogP contribution in [0.5, 0.6) is 0 Å². The van der Waals surface area contributed by atoms with Crippen molar-refractivity contribution in [2.45, 2.75) is 31.9 Å². The number of ether oxygens (including phenoxy) is 2. The minimum atomic E-state index is -0.0889. The number of piperidine rings is 1. The molecule has 0 bridgehead atoms. The number of esters is 1. The van der Waals surface area contributed by atoms with Gasteiger partial charge in [-0.25, -0.2) is 0 Å². The molecule has 0 spiro atoms. The monoisotopic (exact) mass is 235 g/mol. The number of hydrogen-bond donors (Lipinski definition) is 1. The molecule has 0 aromatic rings. The van der Waals surface area contributed by atoms with E-state index in [2.05, 4.69) is 5.32 Å². The van der Waals surface area contributed by atoms with Gasteiger partial charge in [0.05, 0.1) is 18.6 Å². The highest BCUT2D eigenvalue weighted by Gasteiger charge is 2.37. The van der Waals surface area contributed by atoms with Crippen LogP contribution in [-0.4, -0.2) is 37.9 Å². The van der Waals surface area contributed by atoms with E-state index in [1.54, 1.807) is 0 Å². The maximum absolute atomic E-state index is 11.5. The minimum Gasteiger partial charge on any atom is -0.466 e. The summed E-state index contributed by atoms with van der Waals surface area (Å²) in [5, 5.41) is 3.34. The molecule has 1 N–H and O–H groups in total. The second-order valence-corrected chi connectivity index (χ2v) is 3.90. The Morgan fingerprint density at radius 2 is 2.40 bits per heavy atom. The standard InChI is InChI=1S/C10H17NO3.ClH/c1-2-13-10(12)7-5-9-8(11-6-7)3-4-14-9;/h7-9,11H,2-6H2,1H3;1H. The Hall–Kier alpha value is -0.320. The number of halogens is 1. The Labute approximate surface area is 96.1 Å². The van der Waals surface area contributed by atoms with Gasteiger partial charge in [0.25, 0.3) is 0 Å². The molecule has 3 atom stereocenters. The summed E-state index contributed by atoms with van der Waals surface area (Å²) in [5.74, 6) is -0.108. The highest BCUT2D eigenvalue weighted by atomic mass is 35.5. The number of hydrogen-bond acceptors (Lipinski definition) is 4. The first-order valence-electron chi connectivity index (χ1n) is 5.33. The summed E-state index contributed by atoms with van der Waals surface area (Å²) in [6, 6.07) is 0.459. The smallest absolute Gasteiger partial charge is 0.310 e. The van der Waals surface area contributed by atoms with E-state index in [0.717, 1.165) is 26.0 Å². The van der Waals surface area contributed by atoms with Gasteiger partial charge < -0.3 is 14.8 Å². The van der Waals surface area contributed by atoms with Crippen molar-refractivity contribution < 1.29 is 14.3 Å². The normalized spacial score (nSPS) is 34.1. The molecule has 2 aliphatic heterocycles. The summed E-state index contributed by atoms with van der Waals surface area (Å²) < 4.78 is 10.5. The third-order valence-corrected chi connectivity index (χ3v) is 2.97. The van der Waals surface area contributed by atoms with Crippen molar-refractivity contribution in [3.05, 3.63) is 0 Å². The lowest BCUT2D eigenvalue weighted by atomic mass is 9.92. The molecule has 2 aliphatic rings. The summed E-state index contributed by atoms with van der Waals surface area (Å²) in [6.45, 7) is 3.86. The Morgan fingerprint density at radius 1 is 1.60 bits per heavy atom. The molecule has 4 nitrogen and oxygen atoms in total. The molecule has 2 rings (SSSR count). The molecule has 0 aliphatic carbocycles. The number of rotatable bonds is 2. The molecule has 15 heavy (non-hydrogen) atoms. The molecule has 88 valence electrons. The lowest BCUT2D eigenvalue weighted by Gasteiger charge is -2.30. The van der Waals surface area contributed by atoms with Crippen molar-refractivity contribution in [2.75, 3.05) is 19.8 Å². The molecular weight excluding hydrogens is 218 g/mol. The summed E-state index contributed by atoms with van der Waals surface area (Å²) >= 11 is 0. The first kappa shape index (κ1) is 12.7. The first-order chi connectivity index (χ1) is 6.81. The third-order valence-electron chi connectivity index (χ3n) is 2.97. The average molecular weight is 236 g/mol. The van der Waals surface area contributed by atoms with Crippen molar-refractivity contribution in [2.24, 2.45) is 5.92 Å². The molecule has 0 amide bonds. The van der Waals surface area contributed by atoms with Crippen LogP contribution in [0.1, 0.15) is 19.8 Å². The van der Waals surface area contributed by atoms with Gasteiger partial charge in [-0.3, -0.25) is 4.79 Å². The van der Waals surface area contributed by atoms with E-state index in [-0.39, 0.29) is 30.4 Å². The summed E-state index contributed by atoms with van der Waals surface area (Å²) in [4.78, 5) is 11.5. The van der Waals surface area contributed by atoms with Gasteiger partial charge in [0.15, 0.2) is 0 Å². The summed E-state index contributed by atoms with van der Waals surface area (Å²) in [6.07, 6.45) is 2.11. The molecule has 3 unspecified atom stereocenters. The molecule has 0 aromatic carbocycles. The average Bonchev–Trinajstić information content (AvgIpc) is 2.64. The molecule has 2 saturated heterocycles. The van der Waals surface area contributed by atoms with Crippen LogP contribution < -0.4 is 5.32 Å². The van der Waals surface area contributed by atoms with Crippen LogP contribution in [0.4, 0.5) is 0 Å². The predicted molar refractivity (Wildman–Crippen MR) is 58.1 cm³/mol. The fourth-order valence-corrected chi connectivity index (χ4v) is 2.21. The highest BCUT2D eigenvalue weighted by Crippen LogP contribution is 2.25. The molecule has 0 aromatic heterocycles. The number of nitrogens with one attached hydrogen (secondary N) is 1. The van der Waals surface area contributed by atoms with Crippen LogP contribution in [0.3, 0.4) is 0 Å². The van der Waals surface area contributed by atoms with E-state index >= 15 is 0 Å². The summed E-state index contributed by atoms with van der Waals surface area (Å²) in [7, 11) is 0. The van der Waals surface area contributed by atoms with Crippen LogP contribution in [0, 0.1) is 5.92 Å².